The number of thiazole rings is 1. The van der Waals surface area contributed by atoms with Crippen LogP contribution < -0.4 is 10.2 Å². The molecule has 1 aliphatic heterocycles. The lowest BCUT2D eigenvalue weighted by Crippen LogP contribution is -2.36. The largest absolute Gasteiger partial charge is 0.435 e. The summed E-state index contributed by atoms with van der Waals surface area (Å²) >= 11 is 0.783. The van der Waals surface area contributed by atoms with Gasteiger partial charge in [-0.1, -0.05) is 50.2 Å². The molecule has 0 spiro atoms. The Kier molecular flexibility index (Phi) is 9.07. The second-order valence-electron chi connectivity index (χ2n) is 9.20. The van der Waals surface area contributed by atoms with E-state index in [0.29, 0.717) is 25.3 Å². The summed E-state index contributed by atoms with van der Waals surface area (Å²) in [6.07, 6.45) is -4.76. The van der Waals surface area contributed by atoms with Crippen molar-refractivity contribution in [3.63, 3.8) is 0 Å². The van der Waals surface area contributed by atoms with E-state index in [0.717, 1.165) is 54.3 Å². The molecule has 1 amide bonds. The maximum atomic E-state index is 14.0. The van der Waals surface area contributed by atoms with Crippen LogP contribution in [0.25, 0.3) is 10.6 Å². The number of nitrogens with zero attached hydrogens (tertiary/aromatic N) is 3. The Labute approximate surface area is 225 Å². The van der Waals surface area contributed by atoms with Gasteiger partial charge in [0.05, 0.1) is 19.3 Å². The summed E-state index contributed by atoms with van der Waals surface area (Å²) < 4.78 is 47.5. The Morgan fingerprint density at radius 2 is 1.84 bits per heavy atom. The number of nitrogens with one attached hydrogen (secondary N) is 1. The van der Waals surface area contributed by atoms with E-state index in [1.165, 1.54) is 0 Å². The van der Waals surface area contributed by atoms with Crippen LogP contribution in [0.5, 0.6) is 0 Å². The minimum Gasteiger partial charge on any atom is -0.378 e. The Morgan fingerprint density at radius 1 is 1.13 bits per heavy atom. The zero-order valence-corrected chi connectivity index (χ0v) is 22.7. The molecule has 38 heavy (non-hydrogen) atoms. The van der Waals surface area contributed by atoms with E-state index in [1.807, 2.05) is 50.2 Å². The van der Waals surface area contributed by atoms with Gasteiger partial charge in [-0.2, -0.15) is 13.2 Å². The molecule has 1 atom stereocenters. The fourth-order valence-corrected chi connectivity index (χ4v) is 5.54. The van der Waals surface area contributed by atoms with E-state index in [9.17, 15) is 18.0 Å². The Bertz CT molecular complexity index is 1240. The van der Waals surface area contributed by atoms with Gasteiger partial charge >= 0.3 is 6.18 Å². The number of carbonyl (C=O) groups is 1. The summed E-state index contributed by atoms with van der Waals surface area (Å²) in [5, 5.41) is 2.95. The number of morpholine rings is 1. The van der Waals surface area contributed by atoms with Gasteiger partial charge in [0.15, 0.2) is 5.69 Å². The fourth-order valence-electron chi connectivity index (χ4n) is 4.49. The fraction of sp³-hybridized carbons (Fsp3) is 0.429. The number of hydrogen-bond acceptors (Lipinski definition) is 6. The second-order valence-corrected chi connectivity index (χ2v) is 10.2. The first kappa shape index (κ1) is 28.1. The van der Waals surface area contributed by atoms with Gasteiger partial charge in [-0.25, -0.2) is 4.98 Å². The smallest absolute Gasteiger partial charge is 0.378 e. The Hall–Kier alpha value is -2.95. The third-order valence-corrected chi connectivity index (χ3v) is 7.82. The predicted molar refractivity (Wildman–Crippen MR) is 145 cm³/mol. The van der Waals surface area contributed by atoms with Crippen molar-refractivity contribution < 1.29 is 22.7 Å². The number of halogens is 3. The summed E-state index contributed by atoms with van der Waals surface area (Å²) in [6.45, 7) is 10.9. The molecular weight excluding hydrogens is 513 g/mol. The maximum Gasteiger partial charge on any atom is 0.435 e. The first-order valence-corrected chi connectivity index (χ1v) is 13.6. The van der Waals surface area contributed by atoms with Crippen LogP contribution in [-0.4, -0.2) is 55.2 Å². The molecule has 10 heteroatoms. The molecule has 2 heterocycles. The molecule has 1 aromatic heterocycles. The monoisotopic (exact) mass is 546 g/mol. The molecule has 4 rings (SSSR count). The van der Waals surface area contributed by atoms with E-state index < -0.39 is 28.7 Å². The van der Waals surface area contributed by atoms with Crippen molar-refractivity contribution in [2.75, 3.05) is 44.3 Å². The molecule has 1 unspecified atom stereocenters. The average molecular weight is 547 g/mol. The number of amides is 1. The number of aromatic nitrogens is 1. The molecule has 2 aromatic carbocycles. The molecule has 1 N–H and O–H groups in total. The van der Waals surface area contributed by atoms with Gasteiger partial charge in [-0.05, 0) is 43.3 Å². The van der Waals surface area contributed by atoms with E-state index >= 15 is 0 Å². The molecule has 1 saturated heterocycles. The van der Waals surface area contributed by atoms with E-state index in [4.69, 9.17) is 4.74 Å². The van der Waals surface area contributed by atoms with Gasteiger partial charge in [0.2, 0.25) is 0 Å². The lowest BCUT2D eigenvalue weighted by molar-refractivity contribution is -0.141. The quantitative estimate of drug-likeness (QED) is 0.357. The summed E-state index contributed by atoms with van der Waals surface area (Å²) in [5.74, 6) is -0.786. The van der Waals surface area contributed by atoms with Gasteiger partial charge in [0, 0.05) is 30.9 Å². The highest BCUT2D eigenvalue weighted by Gasteiger charge is 2.40. The van der Waals surface area contributed by atoms with Crippen LogP contribution in [0.4, 0.5) is 18.9 Å². The lowest BCUT2D eigenvalue weighted by atomic mass is 10.1. The zero-order valence-electron chi connectivity index (χ0n) is 21.8. The Balaban J connectivity index is 1.60. The van der Waals surface area contributed by atoms with Gasteiger partial charge in [0.25, 0.3) is 5.91 Å². The van der Waals surface area contributed by atoms with Crippen molar-refractivity contribution in [1.29, 1.82) is 0 Å². The van der Waals surface area contributed by atoms with E-state index in [1.54, 1.807) is 19.1 Å². The number of rotatable bonds is 9. The highest BCUT2D eigenvalue weighted by Crippen LogP contribution is 2.39. The molecule has 3 aromatic rings. The molecule has 0 saturated carbocycles. The van der Waals surface area contributed by atoms with Crippen molar-refractivity contribution in [2.45, 2.75) is 39.5 Å². The van der Waals surface area contributed by atoms with Crippen LogP contribution in [0.2, 0.25) is 0 Å². The molecule has 0 aliphatic carbocycles. The summed E-state index contributed by atoms with van der Waals surface area (Å²) in [5.41, 5.74) is 2.14. The van der Waals surface area contributed by atoms with Gasteiger partial charge in [0.1, 0.15) is 9.88 Å². The second kappa shape index (κ2) is 12.3. The van der Waals surface area contributed by atoms with E-state index in [-0.39, 0.29) is 5.01 Å². The SMILES string of the molecule is CCN(CC)Cc1ccccc1-c1nc(C(F)(F)F)c(C(=O)NC(C)c2cccc(N3CCOCC3)c2)s1. The Morgan fingerprint density at radius 3 is 2.53 bits per heavy atom. The van der Waals surface area contributed by atoms with Crippen molar-refractivity contribution in [3.8, 4) is 10.6 Å². The van der Waals surface area contributed by atoms with Crippen molar-refractivity contribution >= 4 is 22.9 Å². The number of anilines is 1. The highest BCUT2D eigenvalue weighted by molar-refractivity contribution is 7.17. The van der Waals surface area contributed by atoms with Crippen LogP contribution >= 0.6 is 11.3 Å². The predicted octanol–water partition coefficient (Wildman–Crippen LogP) is 6.00. The minimum absolute atomic E-state index is 0.187. The molecule has 6 nitrogen and oxygen atoms in total. The maximum absolute atomic E-state index is 14.0. The van der Waals surface area contributed by atoms with E-state index in [2.05, 4.69) is 20.1 Å². The summed E-state index contributed by atoms with van der Waals surface area (Å²) in [6, 6.07) is 14.5. The zero-order chi connectivity index (χ0) is 27.3. The van der Waals surface area contributed by atoms with Gasteiger partial charge in [-0.3, -0.25) is 9.69 Å². The molecule has 0 bridgehead atoms. The molecular formula is C28H33F3N4O2S. The third kappa shape index (κ3) is 6.54. The standard InChI is InChI=1S/C28H33F3N4O2S/c1-4-34(5-2)18-21-9-6-7-12-23(21)27-33-25(28(29,30)31)24(38-27)26(36)32-19(3)20-10-8-11-22(17-20)35-13-15-37-16-14-35/h6-12,17,19H,4-5,13-16,18H2,1-3H3,(H,32,36). The number of benzene rings is 2. The highest BCUT2D eigenvalue weighted by atomic mass is 32.1. The van der Waals surface area contributed by atoms with Gasteiger partial charge < -0.3 is 15.0 Å². The first-order chi connectivity index (χ1) is 18.2. The molecule has 204 valence electrons. The number of hydrogen-bond donors (Lipinski definition) is 1. The van der Waals surface area contributed by atoms with Crippen molar-refractivity contribution in [2.24, 2.45) is 0 Å². The van der Waals surface area contributed by atoms with Gasteiger partial charge in [-0.15, -0.1) is 11.3 Å². The average Bonchev–Trinajstić information content (AvgIpc) is 3.39. The third-order valence-electron chi connectivity index (χ3n) is 6.73. The molecule has 0 radical (unpaired) electrons. The normalized spacial score (nSPS) is 15.1. The van der Waals surface area contributed by atoms with Crippen LogP contribution in [0.15, 0.2) is 48.5 Å². The summed E-state index contributed by atoms with van der Waals surface area (Å²) in [7, 11) is 0. The van der Waals surface area contributed by atoms with Crippen LogP contribution in [0, 0.1) is 0 Å². The first-order valence-electron chi connectivity index (χ1n) is 12.8. The number of carbonyl (C=O) groups excluding carboxylic acids is 1. The van der Waals surface area contributed by atoms with Crippen molar-refractivity contribution in [3.05, 3.63) is 70.2 Å². The number of ether oxygens (including phenoxy) is 1. The lowest BCUT2D eigenvalue weighted by Gasteiger charge is -2.29. The number of alkyl halides is 3. The van der Waals surface area contributed by atoms with Crippen molar-refractivity contribution in [1.82, 2.24) is 15.2 Å². The minimum atomic E-state index is -4.76. The van der Waals surface area contributed by atoms with Crippen LogP contribution in [0.3, 0.4) is 0 Å². The molecule has 1 aliphatic rings. The van der Waals surface area contributed by atoms with Crippen LogP contribution in [0.1, 0.15) is 53.3 Å². The topological polar surface area (TPSA) is 57.7 Å². The molecule has 1 fully saturated rings. The van der Waals surface area contributed by atoms with Crippen LogP contribution in [-0.2, 0) is 17.5 Å². The summed E-state index contributed by atoms with van der Waals surface area (Å²) in [4.78, 5) is 21.1.